The summed E-state index contributed by atoms with van der Waals surface area (Å²) in [6.45, 7) is -0.817. The number of rotatable bonds is 8. The van der Waals surface area contributed by atoms with Gasteiger partial charge < -0.3 is 21.2 Å². The number of halogens is 1. The second-order valence-electron chi connectivity index (χ2n) is 5.38. The van der Waals surface area contributed by atoms with E-state index < -0.39 is 18.6 Å². The van der Waals surface area contributed by atoms with E-state index in [0.29, 0.717) is 25.7 Å². The van der Waals surface area contributed by atoms with Crippen LogP contribution < -0.4 is 11.5 Å². The van der Waals surface area contributed by atoms with Crippen molar-refractivity contribution >= 4 is 18.1 Å². The number of nitrogens with zero attached hydrogens (tertiary/aromatic N) is 2. The molecular formula is C13H23FN4O3. The number of carbonyl (C=O) groups is 3. The molecule has 2 amide bonds. The van der Waals surface area contributed by atoms with Crippen LogP contribution in [0.25, 0.3) is 0 Å². The summed E-state index contributed by atoms with van der Waals surface area (Å²) >= 11 is 0. The van der Waals surface area contributed by atoms with Gasteiger partial charge in [-0.3, -0.25) is 14.5 Å². The third-order valence-corrected chi connectivity index (χ3v) is 3.97. The van der Waals surface area contributed by atoms with Gasteiger partial charge in [-0.05, 0) is 26.3 Å². The Kier molecular flexibility index (Phi) is 6.70. The SMILES string of the molecule is CN1C(C(N)=O)CC[C@@H]1CCN(CC(N)C=O)C(=O)CF. The summed E-state index contributed by atoms with van der Waals surface area (Å²) < 4.78 is 12.5. The van der Waals surface area contributed by atoms with Gasteiger partial charge in [0.05, 0.1) is 12.1 Å². The molecule has 1 aliphatic rings. The average Bonchev–Trinajstić information content (AvgIpc) is 2.83. The highest BCUT2D eigenvalue weighted by Gasteiger charge is 2.34. The number of carbonyl (C=O) groups excluding carboxylic acids is 3. The molecule has 0 bridgehead atoms. The van der Waals surface area contributed by atoms with Gasteiger partial charge in [0.1, 0.15) is 6.29 Å². The maximum atomic E-state index is 12.5. The first-order valence-electron chi connectivity index (χ1n) is 6.96. The Labute approximate surface area is 123 Å². The van der Waals surface area contributed by atoms with Crippen molar-refractivity contribution < 1.29 is 18.8 Å². The molecule has 0 radical (unpaired) electrons. The van der Waals surface area contributed by atoms with Crippen molar-refractivity contribution in [3.05, 3.63) is 0 Å². The van der Waals surface area contributed by atoms with Crippen molar-refractivity contribution in [3.63, 3.8) is 0 Å². The number of alkyl halides is 1. The highest BCUT2D eigenvalue weighted by Crippen LogP contribution is 2.24. The van der Waals surface area contributed by atoms with Crippen LogP contribution in [0.1, 0.15) is 19.3 Å². The molecule has 0 aromatic rings. The fraction of sp³-hybridized carbons (Fsp3) is 0.769. The molecule has 8 heteroatoms. The maximum absolute atomic E-state index is 12.5. The summed E-state index contributed by atoms with van der Waals surface area (Å²) in [6.07, 6.45) is 2.59. The van der Waals surface area contributed by atoms with Crippen LogP contribution in [-0.4, -0.2) is 72.8 Å². The normalized spacial score (nSPS) is 23.8. The van der Waals surface area contributed by atoms with Crippen molar-refractivity contribution in [2.75, 3.05) is 26.8 Å². The van der Waals surface area contributed by atoms with Crippen LogP contribution in [-0.2, 0) is 14.4 Å². The predicted molar refractivity (Wildman–Crippen MR) is 75.0 cm³/mol. The molecule has 2 unspecified atom stereocenters. The van der Waals surface area contributed by atoms with Gasteiger partial charge in [0, 0.05) is 19.1 Å². The van der Waals surface area contributed by atoms with Gasteiger partial charge in [-0.15, -0.1) is 0 Å². The van der Waals surface area contributed by atoms with E-state index in [0.717, 1.165) is 6.42 Å². The molecule has 0 aromatic carbocycles. The number of hydrogen-bond acceptors (Lipinski definition) is 5. The predicted octanol–water partition coefficient (Wildman–Crippen LogP) is -1.35. The molecule has 21 heavy (non-hydrogen) atoms. The lowest BCUT2D eigenvalue weighted by atomic mass is 10.1. The van der Waals surface area contributed by atoms with Crippen LogP contribution in [0.4, 0.5) is 4.39 Å². The smallest absolute Gasteiger partial charge is 0.254 e. The first-order chi connectivity index (χ1) is 9.90. The highest BCUT2D eigenvalue weighted by atomic mass is 19.1. The Morgan fingerprint density at radius 3 is 2.62 bits per heavy atom. The van der Waals surface area contributed by atoms with Crippen molar-refractivity contribution in [3.8, 4) is 0 Å². The van der Waals surface area contributed by atoms with Gasteiger partial charge in [-0.2, -0.15) is 0 Å². The Morgan fingerprint density at radius 1 is 1.48 bits per heavy atom. The van der Waals surface area contributed by atoms with Gasteiger partial charge in [0.2, 0.25) is 5.91 Å². The molecule has 1 saturated heterocycles. The minimum absolute atomic E-state index is 0.00192. The van der Waals surface area contributed by atoms with Crippen molar-refractivity contribution in [1.29, 1.82) is 0 Å². The summed E-state index contributed by atoms with van der Waals surface area (Å²) in [5.74, 6) is -1.04. The van der Waals surface area contributed by atoms with E-state index in [9.17, 15) is 18.8 Å². The topological polar surface area (TPSA) is 110 Å². The Morgan fingerprint density at radius 2 is 2.14 bits per heavy atom. The largest absolute Gasteiger partial charge is 0.368 e. The Bertz CT molecular complexity index is 394. The lowest BCUT2D eigenvalue weighted by Gasteiger charge is -2.28. The molecule has 1 rings (SSSR count). The van der Waals surface area contributed by atoms with Crippen LogP contribution in [0, 0.1) is 0 Å². The third-order valence-electron chi connectivity index (χ3n) is 3.97. The summed E-state index contributed by atoms with van der Waals surface area (Å²) in [5, 5.41) is 0. The van der Waals surface area contributed by atoms with Crippen LogP contribution in [0.3, 0.4) is 0 Å². The van der Waals surface area contributed by atoms with Crippen molar-refractivity contribution in [1.82, 2.24) is 9.80 Å². The van der Waals surface area contributed by atoms with Gasteiger partial charge in [-0.25, -0.2) is 4.39 Å². The van der Waals surface area contributed by atoms with E-state index in [-0.39, 0.29) is 24.5 Å². The van der Waals surface area contributed by atoms with Crippen LogP contribution in [0.15, 0.2) is 0 Å². The number of nitrogens with two attached hydrogens (primary N) is 2. The molecule has 0 aliphatic carbocycles. The number of likely N-dealkylation sites (tertiary alicyclic amines) is 1. The first-order valence-corrected chi connectivity index (χ1v) is 6.96. The summed E-state index contributed by atoms with van der Waals surface area (Å²) in [7, 11) is 1.81. The standard InChI is InChI=1S/C13H23FN4O3/c1-17-10(2-3-11(17)13(16)21)4-5-18(12(20)6-14)7-9(15)8-19/h8-11H,2-7,15H2,1H3,(H2,16,21)/t9?,10-,11?/m1/s1. The zero-order valence-electron chi connectivity index (χ0n) is 12.2. The molecule has 7 nitrogen and oxygen atoms in total. The molecular weight excluding hydrogens is 279 g/mol. The fourth-order valence-electron chi connectivity index (χ4n) is 2.71. The number of amides is 2. The molecule has 1 heterocycles. The Balaban J connectivity index is 2.55. The van der Waals surface area contributed by atoms with Gasteiger partial charge in [-0.1, -0.05) is 0 Å². The van der Waals surface area contributed by atoms with E-state index in [4.69, 9.17) is 11.5 Å². The Hall–Kier alpha value is -1.54. The van der Waals surface area contributed by atoms with Gasteiger partial charge in [0.25, 0.3) is 5.91 Å². The minimum atomic E-state index is -1.12. The monoisotopic (exact) mass is 302 g/mol. The average molecular weight is 302 g/mol. The van der Waals surface area contributed by atoms with E-state index in [1.807, 2.05) is 11.9 Å². The van der Waals surface area contributed by atoms with Gasteiger partial charge in [0.15, 0.2) is 6.67 Å². The van der Waals surface area contributed by atoms with Gasteiger partial charge >= 0.3 is 0 Å². The molecule has 0 spiro atoms. The number of primary amides is 1. The fourth-order valence-corrected chi connectivity index (χ4v) is 2.71. The van der Waals surface area contributed by atoms with Crippen LogP contribution >= 0.6 is 0 Å². The first kappa shape index (κ1) is 17.5. The quantitative estimate of drug-likeness (QED) is 0.539. The lowest BCUT2D eigenvalue weighted by molar-refractivity contribution is -0.133. The second kappa shape index (κ2) is 8.04. The molecule has 3 atom stereocenters. The minimum Gasteiger partial charge on any atom is -0.368 e. The number of likely N-dealkylation sites (N-methyl/N-ethyl adjacent to an activating group) is 1. The summed E-state index contributed by atoms with van der Waals surface area (Å²) in [4.78, 5) is 36.5. The van der Waals surface area contributed by atoms with E-state index in [1.165, 1.54) is 4.90 Å². The molecule has 1 fully saturated rings. The van der Waals surface area contributed by atoms with E-state index in [2.05, 4.69) is 0 Å². The molecule has 0 aromatic heterocycles. The zero-order chi connectivity index (χ0) is 16.0. The van der Waals surface area contributed by atoms with E-state index >= 15 is 0 Å². The summed E-state index contributed by atoms with van der Waals surface area (Å²) in [6, 6.07) is -1.01. The van der Waals surface area contributed by atoms with E-state index in [1.54, 1.807) is 0 Å². The molecule has 0 saturated carbocycles. The second-order valence-corrected chi connectivity index (χ2v) is 5.38. The number of hydrogen-bond donors (Lipinski definition) is 2. The van der Waals surface area contributed by atoms with Crippen LogP contribution in [0.2, 0.25) is 0 Å². The number of aldehydes is 1. The highest BCUT2D eigenvalue weighted by molar-refractivity contribution is 5.80. The van der Waals surface area contributed by atoms with Crippen molar-refractivity contribution in [2.24, 2.45) is 11.5 Å². The van der Waals surface area contributed by atoms with Crippen LogP contribution in [0.5, 0.6) is 0 Å². The molecule has 120 valence electrons. The zero-order valence-corrected chi connectivity index (χ0v) is 12.2. The molecule has 4 N–H and O–H groups in total. The lowest BCUT2D eigenvalue weighted by Crippen LogP contribution is -2.45. The van der Waals surface area contributed by atoms with Crippen molar-refractivity contribution in [2.45, 2.75) is 37.4 Å². The third kappa shape index (κ3) is 4.75. The maximum Gasteiger partial charge on any atom is 0.254 e. The molecule has 1 aliphatic heterocycles. The summed E-state index contributed by atoms with van der Waals surface area (Å²) in [5.41, 5.74) is 10.8.